The quantitative estimate of drug-likeness (QED) is 0.697. The van der Waals surface area contributed by atoms with Crippen LogP contribution in [0.3, 0.4) is 0 Å². The molecule has 26 heavy (non-hydrogen) atoms. The molecular formula is C21H19FN2O2. The molecule has 1 amide bonds. The third kappa shape index (κ3) is 4.07. The third-order valence-corrected chi connectivity index (χ3v) is 4.00. The molecule has 0 unspecified atom stereocenters. The van der Waals surface area contributed by atoms with Crippen molar-refractivity contribution in [3.63, 3.8) is 0 Å². The smallest absolute Gasteiger partial charge is 0.255 e. The Hall–Kier alpha value is -3.18. The number of fused-ring (bicyclic) bond motifs is 1. The number of benzene rings is 3. The van der Waals surface area contributed by atoms with Gasteiger partial charge in [-0.3, -0.25) is 4.79 Å². The van der Waals surface area contributed by atoms with Crippen molar-refractivity contribution in [2.45, 2.75) is 0 Å². The molecule has 0 aliphatic carbocycles. The highest BCUT2D eigenvalue weighted by Gasteiger charge is 2.08. The zero-order valence-corrected chi connectivity index (χ0v) is 14.1. The average molecular weight is 350 g/mol. The van der Waals surface area contributed by atoms with Crippen LogP contribution in [0.1, 0.15) is 10.4 Å². The second-order valence-corrected chi connectivity index (χ2v) is 5.77. The molecule has 0 aliphatic rings. The summed E-state index contributed by atoms with van der Waals surface area (Å²) in [5.74, 6) is 0.332. The predicted molar refractivity (Wildman–Crippen MR) is 102 cm³/mol. The fourth-order valence-corrected chi connectivity index (χ4v) is 2.54. The number of anilines is 1. The summed E-state index contributed by atoms with van der Waals surface area (Å²) < 4.78 is 17.9. The molecule has 0 heterocycles. The summed E-state index contributed by atoms with van der Waals surface area (Å²) in [5.41, 5.74) is 7.01. The van der Waals surface area contributed by atoms with Crippen molar-refractivity contribution in [1.82, 2.24) is 0 Å². The molecule has 4 nitrogen and oxygen atoms in total. The van der Waals surface area contributed by atoms with Gasteiger partial charge in [-0.25, -0.2) is 4.39 Å². The van der Waals surface area contributed by atoms with Gasteiger partial charge in [0, 0.05) is 28.8 Å². The number of carbonyl (C=O) groups is 1. The van der Waals surface area contributed by atoms with Crippen molar-refractivity contribution in [2.75, 3.05) is 18.5 Å². The van der Waals surface area contributed by atoms with Crippen molar-refractivity contribution in [2.24, 2.45) is 5.73 Å². The first-order valence-electron chi connectivity index (χ1n) is 8.21. The zero-order chi connectivity index (χ0) is 18.4. The van der Waals surface area contributed by atoms with Gasteiger partial charge in [-0.1, -0.05) is 36.4 Å². The van der Waals surface area contributed by atoms with Crippen molar-refractivity contribution in [3.8, 4) is 5.75 Å². The van der Waals surface area contributed by atoms with Crippen LogP contribution in [0.25, 0.3) is 10.8 Å². The number of carbonyl (C=O) groups excluding carboxylic acids is 1. The van der Waals surface area contributed by atoms with Gasteiger partial charge in [0.05, 0.1) is 6.33 Å². The first-order chi connectivity index (χ1) is 12.7. The maximum absolute atomic E-state index is 12.5. The number of nitrogens with one attached hydrogen (secondary N) is 1. The molecule has 132 valence electrons. The Labute approximate surface area is 151 Å². The van der Waals surface area contributed by atoms with Gasteiger partial charge in [-0.15, -0.1) is 0 Å². The topological polar surface area (TPSA) is 64.3 Å². The molecule has 0 aliphatic heterocycles. The molecule has 0 fully saturated rings. The highest BCUT2D eigenvalue weighted by molar-refractivity contribution is 6.09. The first kappa shape index (κ1) is 17.6. The number of hydrogen-bond donors (Lipinski definition) is 2. The van der Waals surface area contributed by atoms with Crippen LogP contribution >= 0.6 is 0 Å². The lowest BCUT2D eigenvalue weighted by molar-refractivity contribution is 0.102. The molecule has 5 heteroatoms. The lowest BCUT2D eigenvalue weighted by Crippen LogP contribution is -2.12. The summed E-state index contributed by atoms with van der Waals surface area (Å²) >= 11 is 0. The van der Waals surface area contributed by atoms with Crippen molar-refractivity contribution in [1.29, 1.82) is 0 Å². The fraction of sp³-hybridized carbons (Fsp3) is 0.0952. The maximum Gasteiger partial charge on any atom is 0.255 e. The fourth-order valence-electron chi connectivity index (χ4n) is 2.54. The first-order valence-corrected chi connectivity index (χ1v) is 8.21. The van der Waals surface area contributed by atoms with Gasteiger partial charge in [-0.05, 0) is 35.7 Å². The van der Waals surface area contributed by atoms with E-state index in [1.165, 1.54) is 0 Å². The lowest BCUT2D eigenvalue weighted by atomic mass is 10.1. The summed E-state index contributed by atoms with van der Waals surface area (Å²) in [5, 5.41) is 4.98. The monoisotopic (exact) mass is 350 g/mol. The Balaban J connectivity index is 1.70. The molecule has 3 rings (SSSR count). The molecule has 3 N–H and O–H groups in total. The van der Waals surface area contributed by atoms with Crippen LogP contribution < -0.4 is 15.8 Å². The van der Waals surface area contributed by atoms with E-state index in [4.69, 9.17) is 10.5 Å². The standard InChI is InChI=1S/C21H19FN2O2/c22-12-15(13-23)14-26-18-10-8-17(9-11-18)21(25)24-20-7-3-5-16-4-1-2-6-19(16)20/h1-12H,13-14,23H2,(H,24,25)/b15-12-. The van der Waals surface area contributed by atoms with E-state index in [1.54, 1.807) is 24.3 Å². The van der Waals surface area contributed by atoms with E-state index >= 15 is 0 Å². The number of rotatable bonds is 6. The summed E-state index contributed by atoms with van der Waals surface area (Å²) in [7, 11) is 0. The number of ether oxygens (including phenoxy) is 1. The van der Waals surface area contributed by atoms with Crippen molar-refractivity contribution >= 4 is 22.4 Å². The molecule has 0 saturated heterocycles. The predicted octanol–water partition coefficient (Wildman–Crippen LogP) is 4.28. The Bertz CT molecular complexity index is 931. The van der Waals surface area contributed by atoms with Gasteiger partial charge in [0.2, 0.25) is 0 Å². The van der Waals surface area contributed by atoms with Gasteiger partial charge in [0.25, 0.3) is 5.91 Å². The summed E-state index contributed by atoms with van der Waals surface area (Å²) in [6.45, 7) is 0.177. The van der Waals surface area contributed by atoms with E-state index in [-0.39, 0.29) is 19.1 Å². The molecule has 0 radical (unpaired) electrons. The summed E-state index contributed by atoms with van der Waals surface area (Å²) in [6.07, 6.45) is 0.450. The molecular weight excluding hydrogens is 331 g/mol. The van der Waals surface area contributed by atoms with Gasteiger partial charge < -0.3 is 15.8 Å². The van der Waals surface area contributed by atoms with Crippen LogP contribution in [0.5, 0.6) is 5.75 Å². The normalized spacial score (nSPS) is 11.4. The minimum atomic E-state index is -0.209. The van der Waals surface area contributed by atoms with Crippen LogP contribution in [0.2, 0.25) is 0 Å². The summed E-state index contributed by atoms with van der Waals surface area (Å²) in [6, 6.07) is 20.3. The Morgan fingerprint density at radius 3 is 2.50 bits per heavy atom. The molecule has 3 aromatic carbocycles. The SMILES string of the molecule is NC/C(=C/F)COc1ccc(C(=O)Nc2cccc3ccccc23)cc1. The van der Waals surface area contributed by atoms with E-state index < -0.39 is 0 Å². The van der Waals surface area contributed by atoms with E-state index in [1.807, 2.05) is 42.5 Å². The average Bonchev–Trinajstić information content (AvgIpc) is 2.69. The van der Waals surface area contributed by atoms with Gasteiger partial charge in [-0.2, -0.15) is 0 Å². The Morgan fingerprint density at radius 1 is 1.04 bits per heavy atom. The zero-order valence-electron chi connectivity index (χ0n) is 14.1. The van der Waals surface area contributed by atoms with Gasteiger partial charge in [0.1, 0.15) is 12.4 Å². The highest BCUT2D eigenvalue weighted by atomic mass is 19.1. The molecule has 0 atom stereocenters. The number of amides is 1. The van der Waals surface area contributed by atoms with Gasteiger partial charge >= 0.3 is 0 Å². The Morgan fingerprint density at radius 2 is 1.77 bits per heavy atom. The van der Waals surface area contributed by atoms with Crippen LogP contribution in [-0.2, 0) is 0 Å². The largest absolute Gasteiger partial charge is 0.489 e. The molecule has 0 spiro atoms. The second kappa shape index (κ2) is 8.27. The van der Waals surface area contributed by atoms with Crippen molar-refractivity contribution < 1.29 is 13.9 Å². The van der Waals surface area contributed by atoms with E-state index in [0.717, 1.165) is 16.5 Å². The third-order valence-electron chi connectivity index (χ3n) is 4.00. The highest BCUT2D eigenvalue weighted by Crippen LogP contribution is 2.23. The molecule has 0 saturated carbocycles. The van der Waals surface area contributed by atoms with Gasteiger partial charge in [0.15, 0.2) is 0 Å². The van der Waals surface area contributed by atoms with E-state index in [2.05, 4.69) is 5.32 Å². The Kier molecular flexibility index (Phi) is 5.61. The lowest BCUT2D eigenvalue weighted by Gasteiger charge is -2.10. The molecule has 0 bridgehead atoms. The number of halogens is 1. The molecule has 0 aromatic heterocycles. The minimum Gasteiger partial charge on any atom is -0.489 e. The van der Waals surface area contributed by atoms with E-state index in [9.17, 15) is 9.18 Å². The van der Waals surface area contributed by atoms with Crippen LogP contribution in [-0.4, -0.2) is 19.1 Å². The number of hydrogen-bond acceptors (Lipinski definition) is 3. The molecule has 3 aromatic rings. The van der Waals surface area contributed by atoms with E-state index in [0.29, 0.717) is 23.2 Å². The van der Waals surface area contributed by atoms with Crippen LogP contribution in [0.4, 0.5) is 10.1 Å². The maximum atomic E-state index is 12.5. The summed E-state index contributed by atoms with van der Waals surface area (Å²) in [4.78, 5) is 12.5. The second-order valence-electron chi connectivity index (χ2n) is 5.77. The van der Waals surface area contributed by atoms with Crippen LogP contribution in [0, 0.1) is 0 Å². The minimum absolute atomic E-state index is 0.0779. The van der Waals surface area contributed by atoms with Crippen molar-refractivity contribution in [3.05, 3.63) is 84.2 Å². The number of nitrogens with two attached hydrogens (primary N) is 1. The van der Waals surface area contributed by atoms with Crippen LogP contribution in [0.15, 0.2) is 78.6 Å².